The number of para-hydroxylation sites is 1. The van der Waals surface area contributed by atoms with Crippen molar-refractivity contribution in [3.8, 4) is 0 Å². The molecule has 7 heteroatoms. The first-order chi connectivity index (χ1) is 13.1. The quantitative estimate of drug-likeness (QED) is 0.520. The van der Waals surface area contributed by atoms with Gasteiger partial charge < -0.3 is 9.88 Å². The third-order valence-corrected chi connectivity index (χ3v) is 4.23. The molecular formula is C20H21N5O2. The number of rotatable bonds is 6. The van der Waals surface area contributed by atoms with E-state index in [0.717, 1.165) is 24.3 Å². The van der Waals surface area contributed by atoms with Gasteiger partial charge in [0, 0.05) is 18.8 Å². The summed E-state index contributed by atoms with van der Waals surface area (Å²) < 4.78 is 0. The lowest BCUT2D eigenvalue weighted by Gasteiger charge is -2.20. The molecule has 2 N–H and O–H groups in total. The van der Waals surface area contributed by atoms with Crippen molar-refractivity contribution >= 4 is 28.7 Å². The average molecular weight is 363 g/mol. The zero-order valence-electron chi connectivity index (χ0n) is 15.3. The molecule has 0 fully saturated rings. The van der Waals surface area contributed by atoms with E-state index in [1.165, 1.54) is 0 Å². The second kappa shape index (κ2) is 8.27. The molecule has 0 aliphatic heterocycles. The molecular weight excluding hydrogens is 342 g/mol. The van der Waals surface area contributed by atoms with Crippen molar-refractivity contribution in [2.45, 2.75) is 13.8 Å². The van der Waals surface area contributed by atoms with Crippen LogP contribution in [0, 0.1) is 0 Å². The maximum Gasteiger partial charge on any atom is 0.307 e. The monoisotopic (exact) mass is 363 g/mol. The number of carbonyl (C=O) groups excluding carboxylic acids is 1. The molecule has 0 bridgehead atoms. The highest BCUT2D eigenvalue weighted by atomic mass is 16.2. The maximum absolute atomic E-state index is 12.2. The molecule has 0 saturated carbocycles. The Balaban J connectivity index is 1.69. The highest BCUT2D eigenvalue weighted by Gasteiger charge is 2.10. The molecule has 7 nitrogen and oxygen atoms in total. The fraction of sp³-hybridized carbons (Fsp3) is 0.200. The summed E-state index contributed by atoms with van der Waals surface area (Å²) in [4.78, 5) is 33.1. The Morgan fingerprint density at radius 1 is 1.15 bits per heavy atom. The van der Waals surface area contributed by atoms with E-state index in [0.29, 0.717) is 10.9 Å². The predicted octanol–water partition coefficient (Wildman–Crippen LogP) is 2.53. The van der Waals surface area contributed by atoms with E-state index in [1.54, 1.807) is 30.5 Å². The molecule has 3 aromatic rings. The molecule has 0 saturated heterocycles. The fourth-order valence-electron chi connectivity index (χ4n) is 2.77. The number of hydrogen-bond donors (Lipinski definition) is 2. The number of hydrazone groups is 1. The molecule has 1 aromatic heterocycles. The summed E-state index contributed by atoms with van der Waals surface area (Å²) in [7, 11) is 0. The lowest BCUT2D eigenvalue weighted by atomic mass is 10.2. The third kappa shape index (κ3) is 4.20. The van der Waals surface area contributed by atoms with Crippen LogP contribution in [0.25, 0.3) is 10.9 Å². The topological polar surface area (TPSA) is 90.4 Å². The molecule has 1 amide bonds. The minimum Gasteiger partial charge on any atom is -0.372 e. The Morgan fingerprint density at radius 2 is 1.85 bits per heavy atom. The number of aromatic amines is 1. The van der Waals surface area contributed by atoms with Gasteiger partial charge in [0.25, 0.3) is 5.56 Å². The lowest BCUT2D eigenvalue weighted by Crippen LogP contribution is -2.24. The second-order valence-electron chi connectivity index (χ2n) is 5.89. The minimum absolute atomic E-state index is 0.0762. The number of benzene rings is 2. The molecule has 0 spiro atoms. The van der Waals surface area contributed by atoms with Crippen LogP contribution in [0.1, 0.15) is 30.0 Å². The van der Waals surface area contributed by atoms with E-state index in [1.807, 2.05) is 24.3 Å². The normalized spacial score (nSPS) is 11.0. The van der Waals surface area contributed by atoms with Gasteiger partial charge in [0.2, 0.25) is 5.82 Å². The van der Waals surface area contributed by atoms with Gasteiger partial charge in [-0.25, -0.2) is 10.4 Å². The Bertz CT molecular complexity index is 1020. The zero-order valence-corrected chi connectivity index (χ0v) is 15.3. The van der Waals surface area contributed by atoms with Gasteiger partial charge in [-0.3, -0.25) is 9.59 Å². The summed E-state index contributed by atoms with van der Waals surface area (Å²) in [6, 6.07) is 14.7. The van der Waals surface area contributed by atoms with Crippen molar-refractivity contribution in [3.05, 3.63) is 70.3 Å². The molecule has 27 heavy (non-hydrogen) atoms. The van der Waals surface area contributed by atoms with Crippen LogP contribution in [-0.2, 0) is 0 Å². The predicted molar refractivity (Wildman–Crippen MR) is 107 cm³/mol. The summed E-state index contributed by atoms with van der Waals surface area (Å²) in [5.74, 6) is -0.651. The number of H-pyrrole nitrogens is 1. The van der Waals surface area contributed by atoms with Crippen LogP contribution in [0.3, 0.4) is 0 Å². The highest BCUT2D eigenvalue weighted by molar-refractivity contribution is 5.93. The van der Waals surface area contributed by atoms with Gasteiger partial charge in [-0.05, 0) is 43.7 Å². The number of amides is 1. The largest absolute Gasteiger partial charge is 0.372 e. The Kier molecular flexibility index (Phi) is 5.61. The van der Waals surface area contributed by atoms with Crippen LogP contribution in [0.4, 0.5) is 5.69 Å². The Labute approximate surface area is 156 Å². The molecule has 0 radical (unpaired) electrons. The van der Waals surface area contributed by atoms with Crippen molar-refractivity contribution < 1.29 is 4.79 Å². The van der Waals surface area contributed by atoms with Gasteiger partial charge in [0.1, 0.15) is 0 Å². The standard InChI is InChI=1S/C20H21N5O2/c1-3-25(4-2)15-11-9-14(10-12-15)13-21-24-20(27)18-22-17-8-6-5-7-16(17)19(26)23-18/h5-13H,3-4H2,1-2H3,(H,24,27)(H,22,23,26). The number of aromatic nitrogens is 2. The van der Waals surface area contributed by atoms with E-state index in [9.17, 15) is 9.59 Å². The van der Waals surface area contributed by atoms with Gasteiger partial charge in [0.15, 0.2) is 0 Å². The van der Waals surface area contributed by atoms with Crippen molar-refractivity contribution in [2.75, 3.05) is 18.0 Å². The van der Waals surface area contributed by atoms with E-state index >= 15 is 0 Å². The molecule has 0 atom stereocenters. The third-order valence-electron chi connectivity index (χ3n) is 4.23. The first-order valence-corrected chi connectivity index (χ1v) is 8.79. The zero-order chi connectivity index (χ0) is 19.2. The molecule has 0 aliphatic rings. The number of nitrogens with one attached hydrogen (secondary N) is 2. The lowest BCUT2D eigenvalue weighted by molar-refractivity contribution is 0.0945. The second-order valence-corrected chi connectivity index (χ2v) is 5.89. The summed E-state index contributed by atoms with van der Waals surface area (Å²) >= 11 is 0. The van der Waals surface area contributed by atoms with Crippen LogP contribution in [0.15, 0.2) is 58.4 Å². The van der Waals surface area contributed by atoms with Crippen molar-refractivity contribution in [3.63, 3.8) is 0 Å². The Hall–Kier alpha value is -3.48. The highest BCUT2D eigenvalue weighted by Crippen LogP contribution is 2.14. The van der Waals surface area contributed by atoms with E-state index < -0.39 is 5.91 Å². The van der Waals surface area contributed by atoms with Crippen molar-refractivity contribution in [1.29, 1.82) is 0 Å². The van der Waals surface area contributed by atoms with Crippen LogP contribution < -0.4 is 15.9 Å². The molecule has 3 rings (SSSR count). The number of carbonyl (C=O) groups is 1. The van der Waals surface area contributed by atoms with Crippen LogP contribution in [-0.4, -0.2) is 35.2 Å². The number of anilines is 1. The van der Waals surface area contributed by atoms with E-state index in [2.05, 4.69) is 39.2 Å². The summed E-state index contributed by atoms with van der Waals surface area (Å²) in [5, 5.41) is 4.38. The van der Waals surface area contributed by atoms with E-state index in [4.69, 9.17) is 0 Å². The Morgan fingerprint density at radius 3 is 2.56 bits per heavy atom. The first-order valence-electron chi connectivity index (χ1n) is 8.79. The van der Waals surface area contributed by atoms with Gasteiger partial charge in [-0.2, -0.15) is 5.10 Å². The van der Waals surface area contributed by atoms with Crippen molar-refractivity contribution in [1.82, 2.24) is 15.4 Å². The fourth-order valence-corrected chi connectivity index (χ4v) is 2.77. The average Bonchev–Trinajstić information content (AvgIpc) is 2.70. The van der Waals surface area contributed by atoms with Crippen LogP contribution in [0.5, 0.6) is 0 Å². The SMILES string of the molecule is CCN(CC)c1ccc(C=NNC(=O)c2nc3ccccc3c(=O)[nH]2)cc1. The number of nitrogens with zero attached hydrogens (tertiary/aromatic N) is 3. The van der Waals surface area contributed by atoms with Gasteiger partial charge in [-0.15, -0.1) is 0 Å². The minimum atomic E-state index is -0.575. The van der Waals surface area contributed by atoms with Gasteiger partial charge in [-0.1, -0.05) is 24.3 Å². The maximum atomic E-state index is 12.2. The summed E-state index contributed by atoms with van der Waals surface area (Å²) in [5.41, 5.74) is 4.48. The van der Waals surface area contributed by atoms with Gasteiger partial charge >= 0.3 is 5.91 Å². The smallest absolute Gasteiger partial charge is 0.307 e. The van der Waals surface area contributed by atoms with Crippen LogP contribution in [0.2, 0.25) is 0 Å². The molecule has 1 heterocycles. The number of hydrogen-bond acceptors (Lipinski definition) is 5. The first kappa shape index (κ1) is 18.3. The molecule has 2 aromatic carbocycles. The van der Waals surface area contributed by atoms with Crippen molar-refractivity contribution in [2.24, 2.45) is 5.10 Å². The van der Waals surface area contributed by atoms with E-state index in [-0.39, 0.29) is 11.4 Å². The molecule has 0 aliphatic carbocycles. The summed E-state index contributed by atoms with van der Waals surface area (Å²) in [6.45, 7) is 6.10. The number of fused-ring (bicyclic) bond motifs is 1. The van der Waals surface area contributed by atoms with Crippen LogP contribution >= 0.6 is 0 Å². The summed E-state index contributed by atoms with van der Waals surface area (Å²) in [6.07, 6.45) is 1.54. The van der Waals surface area contributed by atoms with Gasteiger partial charge in [0.05, 0.1) is 17.1 Å². The molecule has 138 valence electrons. The molecule has 0 unspecified atom stereocenters.